The number of methoxy groups -OCH3 is 1. The van der Waals surface area contributed by atoms with Crippen molar-refractivity contribution in [3.8, 4) is 0 Å². The van der Waals surface area contributed by atoms with Gasteiger partial charge in [0.15, 0.2) is 10.5 Å². The zero-order valence-corrected chi connectivity index (χ0v) is 18.7. The van der Waals surface area contributed by atoms with E-state index >= 15 is 0 Å². The molecule has 3 heterocycles. The van der Waals surface area contributed by atoms with Crippen molar-refractivity contribution in [3.05, 3.63) is 42.1 Å². The van der Waals surface area contributed by atoms with E-state index in [9.17, 15) is 8.42 Å². The summed E-state index contributed by atoms with van der Waals surface area (Å²) in [5.74, 6) is 0.859. The van der Waals surface area contributed by atoms with Crippen LogP contribution in [0.15, 0.2) is 51.2 Å². The summed E-state index contributed by atoms with van der Waals surface area (Å²) in [6, 6.07) is 10.5. The van der Waals surface area contributed by atoms with Crippen LogP contribution in [0.25, 0.3) is 5.65 Å². The van der Waals surface area contributed by atoms with Gasteiger partial charge in [0.1, 0.15) is 10.8 Å². The summed E-state index contributed by atoms with van der Waals surface area (Å²) in [5.41, 5.74) is 1.15. The van der Waals surface area contributed by atoms with E-state index in [1.54, 1.807) is 42.0 Å². The van der Waals surface area contributed by atoms with Gasteiger partial charge in [0.25, 0.3) is 0 Å². The first kappa shape index (κ1) is 21.1. The zero-order valence-electron chi connectivity index (χ0n) is 17.0. The number of benzene rings is 1. The fraction of sp³-hybridized carbons (Fsp3) is 0.400. The van der Waals surface area contributed by atoms with Crippen LogP contribution in [0.1, 0.15) is 5.69 Å². The lowest BCUT2D eigenvalue weighted by Crippen LogP contribution is -2.44. The third kappa shape index (κ3) is 3.92. The summed E-state index contributed by atoms with van der Waals surface area (Å²) in [5, 5.41) is 8.46. The number of rotatable bonds is 7. The molecule has 1 aromatic carbocycles. The molecule has 10 heteroatoms. The van der Waals surface area contributed by atoms with Crippen molar-refractivity contribution in [3.63, 3.8) is 0 Å². The van der Waals surface area contributed by atoms with Crippen LogP contribution in [0, 0.1) is 0 Å². The van der Waals surface area contributed by atoms with E-state index in [4.69, 9.17) is 9.72 Å². The van der Waals surface area contributed by atoms with Crippen LogP contribution in [0.3, 0.4) is 0 Å². The number of aromatic nitrogens is 3. The number of fused-ring (bicyclic) bond motifs is 1. The van der Waals surface area contributed by atoms with Crippen LogP contribution < -0.4 is 10.2 Å². The number of ether oxygens (including phenoxy) is 1. The second kappa shape index (κ2) is 8.93. The van der Waals surface area contributed by atoms with E-state index in [0.717, 1.165) is 37.7 Å². The monoisotopic (exact) mass is 447 g/mol. The smallest absolute Gasteiger partial charge is 0.213 e. The minimum Gasteiger partial charge on any atom is -0.384 e. The number of hydrogen-bond acceptors (Lipinski definition) is 8. The number of sulfone groups is 1. The van der Waals surface area contributed by atoms with Gasteiger partial charge in [0.2, 0.25) is 9.84 Å². The number of hydrogen-bond donors (Lipinski definition) is 1. The van der Waals surface area contributed by atoms with Gasteiger partial charge in [-0.2, -0.15) is 9.61 Å². The number of thioether (sulfide) groups is 1. The molecular formula is C20H25N5O3S2. The van der Waals surface area contributed by atoms with Crippen LogP contribution in [-0.2, 0) is 21.0 Å². The van der Waals surface area contributed by atoms with Crippen molar-refractivity contribution < 1.29 is 13.2 Å². The minimum absolute atomic E-state index is 0.164. The lowest BCUT2D eigenvalue weighted by Gasteiger charge is -2.29. The Balaban J connectivity index is 1.96. The molecule has 3 aromatic rings. The van der Waals surface area contributed by atoms with Crippen molar-refractivity contribution in [1.29, 1.82) is 0 Å². The first-order valence-corrected chi connectivity index (χ1v) is 12.5. The average Bonchev–Trinajstić information content (AvgIpc) is 3.17. The molecule has 0 bridgehead atoms. The highest BCUT2D eigenvalue weighted by molar-refractivity contribution is 7.99. The molecule has 4 rings (SSSR count). The van der Waals surface area contributed by atoms with E-state index in [1.165, 1.54) is 11.8 Å². The average molecular weight is 448 g/mol. The minimum atomic E-state index is -3.78. The highest BCUT2D eigenvalue weighted by Gasteiger charge is 2.30. The quantitative estimate of drug-likeness (QED) is 0.549. The van der Waals surface area contributed by atoms with Crippen LogP contribution in [0.5, 0.6) is 0 Å². The normalized spacial score (nSPS) is 15.1. The maximum Gasteiger partial charge on any atom is 0.213 e. The van der Waals surface area contributed by atoms with Gasteiger partial charge < -0.3 is 15.0 Å². The Labute approximate surface area is 180 Å². The Morgan fingerprint density at radius 1 is 1.20 bits per heavy atom. The Morgan fingerprint density at radius 2 is 1.93 bits per heavy atom. The van der Waals surface area contributed by atoms with E-state index in [1.807, 2.05) is 12.3 Å². The van der Waals surface area contributed by atoms with Crippen molar-refractivity contribution in [2.75, 3.05) is 51.1 Å². The third-order valence-corrected chi connectivity index (χ3v) is 7.68. The van der Waals surface area contributed by atoms with Crippen LogP contribution in [0.2, 0.25) is 0 Å². The largest absolute Gasteiger partial charge is 0.384 e. The molecule has 160 valence electrons. The summed E-state index contributed by atoms with van der Waals surface area (Å²) in [4.78, 5) is 7.34. The van der Waals surface area contributed by atoms with Gasteiger partial charge in [0.05, 0.1) is 11.5 Å². The van der Waals surface area contributed by atoms with Gasteiger partial charge >= 0.3 is 0 Å². The van der Waals surface area contributed by atoms with Gasteiger partial charge in [-0.05, 0) is 18.4 Å². The van der Waals surface area contributed by atoms with Crippen molar-refractivity contribution in [2.24, 2.45) is 0 Å². The van der Waals surface area contributed by atoms with Gasteiger partial charge in [-0.25, -0.2) is 13.4 Å². The van der Waals surface area contributed by atoms with Crippen molar-refractivity contribution >= 4 is 33.1 Å². The maximum absolute atomic E-state index is 13.5. The Bertz CT molecular complexity index is 1130. The number of anilines is 1. The van der Waals surface area contributed by atoms with Gasteiger partial charge in [0, 0.05) is 51.5 Å². The topological polar surface area (TPSA) is 88.8 Å². The summed E-state index contributed by atoms with van der Waals surface area (Å²) in [6.45, 7) is 3.87. The second-order valence-corrected chi connectivity index (χ2v) is 9.66. The van der Waals surface area contributed by atoms with E-state index in [-0.39, 0.29) is 9.79 Å². The predicted octanol–water partition coefficient (Wildman–Crippen LogP) is 1.88. The van der Waals surface area contributed by atoms with Gasteiger partial charge in [-0.15, -0.1) is 11.8 Å². The molecule has 8 nitrogen and oxygen atoms in total. The third-order valence-electron chi connectivity index (χ3n) is 5.07. The van der Waals surface area contributed by atoms with Gasteiger partial charge in [-0.1, -0.05) is 18.2 Å². The zero-order chi connectivity index (χ0) is 21.1. The molecule has 0 saturated carbocycles. The maximum atomic E-state index is 13.5. The van der Waals surface area contributed by atoms with E-state index in [2.05, 4.69) is 15.3 Å². The number of nitrogens with zero attached hydrogens (tertiary/aromatic N) is 4. The van der Waals surface area contributed by atoms with E-state index < -0.39 is 9.84 Å². The first-order chi connectivity index (χ1) is 14.6. The molecule has 1 aliphatic heterocycles. The molecule has 2 aromatic heterocycles. The number of nitrogens with one attached hydrogen (secondary N) is 1. The fourth-order valence-electron chi connectivity index (χ4n) is 3.55. The fourth-order valence-corrected chi connectivity index (χ4v) is 5.97. The Kier molecular flexibility index (Phi) is 6.28. The molecule has 1 saturated heterocycles. The molecule has 0 aliphatic carbocycles. The first-order valence-electron chi connectivity index (χ1n) is 9.77. The predicted molar refractivity (Wildman–Crippen MR) is 117 cm³/mol. The van der Waals surface area contributed by atoms with Crippen molar-refractivity contribution in [2.45, 2.75) is 21.2 Å². The Hall–Kier alpha value is -2.14. The summed E-state index contributed by atoms with van der Waals surface area (Å²) < 4.78 is 34.0. The molecule has 1 aliphatic rings. The molecule has 0 unspecified atom stereocenters. The molecular weight excluding hydrogens is 422 g/mol. The molecule has 0 atom stereocenters. The van der Waals surface area contributed by atoms with E-state index in [0.29, 0.717) is 23.7 Å². The van der Waals surface area contributed by atoms with Gasteiger partial charge in [-0.3, -0.25) is 0 Å². The second-order valence-electron chi connectivity index (χ2n) is 6.98. The molecule has 1 fully saturated rings. The molecule has 0 spiro atoms. The SMILES string of the molecule is COCCc1cc(N2CCNCC2)n2nc(SC)c(S(=O)(=O)c3ccccc3)c2n1. The molecule has 0 radical (unpaired) electrons. The summed E-state index contributed by atoms with van der Waals surface area (Å²) in [6.07, 6.45) is 2.43. The summed E-state index contributed by atoms with van der Waals surface area (Å²) >= 11 is 1.32. The van der Waals surface area contributed by atoms with Crippen molar-refractivity contribution in [1.82, 2.24) is 19.9 Å². The highest BCUT2D eigenvalue weighted by atomic mass is 32.2. The lowest BCUT2D eigenvalue weighted by atomic mass is 10.2. The van der Waals surface area contributed by atoms with Crippen LogP contribution in [0.4, 0.5) is 5.82 Å². The van der Waals surface area contributed by atoms with Crippen LogP contribution in [-0.4, -0.2) is 69.2 Å². The Morgan fingerprint density at radius 3 is 2.60 bits per heavy atom. The lowest BCUT2D eigenvalue weighted by molar-refractivity contribution is 0.201. The molecule has 30 heavy (non-hydrogen) atoms. The summed E-state index contributed by atoms with van der Waals surface area (Å²) in [7, 11) is -2.13. The highest BCUT2D eigenvalue weighted by Crippen LogP contribution is 2.34. The molecule has 0 amide bonds. The molecule has 1 N–H and O–H groups in total. The van der Waals surface area contributed by atoms with Crippen LogP contribution >= 0.6 is 11.8 Å². The number of piperazine rings is 1. The standard InChI is InChI=1S/C20H25N5O3S2/c1-28-13-8-15-14-17(24-11-9-21-10-12-24)25-19(22-15)18(20(23-25)29-2)30(26,27)16-6-4-3-5-7-16/h3-7,14,21H,8-13H2,1-2H3.